The molecule has 0 heterocycles. The molecule has 24 heavy (non-hydrogen) atoms. The van der Waals surface area contributed by atoms with Crippen molar-refractivity contribution >= 4 is 21.6 Å². The molecule has 0 unspecified atom stereocenters. The number of anilines is 1. The molecule has 0 saturated heterocycles. The lowest BCUT2D eigenvalue weighted by Gasteiger charge is -2.12. The molecule has 3 rings (SSSR count). The van der Waals surface area contributed by atoms with Gasteiger partial charge in [0.2, 0.25) is 10.0 Å². The lowest BCUT2D eigenvalue weighted by atomic mass is 10.1. The first-order valence-corrected chi connectivity index (χ1v) is 9.52. The highest BCUT2D eigenvalue weighted by molar-refractivity contribution is 7.89. The number of para-hydroxylation sites is 1. The Morgan fingerprint density at radius 1 is 1.21 bits per heavy atom. The predicted molar refractivity (Wildman–Crippen MR) is 93.6 cm³/mol. The molecule has 0 atom stereocenters. The van der Waals surface area contributed by atoms with Gasteiger partial charge in [-0.25, -0.2) is 13.6 Å². The first kappa shape index (κ1) is 16.7. The lowest BCUT2D eigenvalue weighted by molar-refractivity contribution is 0.102. The van der Waals surface area contributed by atoms with Crippen molar-refractivity contribution in [2.75, 3.05) is 5.32 Å². The maximum Gasteiger partial charge on any atom is 0.255 e. The fourth-order valence-corrected chi connectivity index (χ4v) is 4.06. The van der Waals surface area contributed by atoms with E-state index < -0.39 is 10.0 Å². The number of primary sulfonamides is 1. The van der Waals surface area contributed by atoms with E-state index in [-0.39, 0.29) is 10.8 Å². The average Bonchev–Trinajstić information content (AvgIpc) is 3.01. The number of carbonyl (C=O) groups excluding carboxylic acids is 1. The minimum absolute atomic E-state index is 0.0754. The van der Waals surface area contributed by atoms with Crippen LogP contribution in [0.3, 0.4) is 0 Å². The van der Waals surface area contributed by atoms with Crippen LogP contribution in [0.1, 0.15) is 40.4 Å². The van der Waals surface area contributed by atoms with Gasteiger partial charge in [-0.2, -0.15) is 0 Å². The summed E-state index contributed by atoms with van der Waals surface area (Å²) >= 11 is 0. The first-order valence-electron chi connectivity index (χ1n) is 7.98. The van der Waals surface area contributed by atoms with Crippen molar-refractivity contribution in [2.45, 2.75) is 37.5 Å². The Morgan fingerprint density at radius 2 is 1.96 bits per heavy atom. The fourth-order valence-electron chi connectivity index (χ4n) is 3.20. The summed E-state index contributed by atoms with van der Waals surface area (Å²) in [7, 11) is -3.85. The Hall–Kier alpha value is -2.18. The molecule has 0 aliphatic heterocycles. The second kappa shape index (κ2) is 6.37. The molecule has 0 spiro atoms. The van der Waals surface area contributed by atoms with Crippen molar-refractivity contribution in [3.8, 4) is 0 Å². The van der Waals surface area contributed by atoms with Crippen molar-refractivity contribution in [1.29, 1.82) is 0 Å². The number of sulfonamides is 1. The highest BCUT2D eigenvalue weighted by Crippen LogP contribution is 2.30. The predicted octanol–water partition coefficient (Wildman–Crippen LogP) is 2.64. The van der Waals surface area contributed by atoms with Crippen LogP contribution in [0.2, 0.25) is 0 Å². The Bertz CT molecular complexity index is 904. The van der Waals surface area contributed by atoms with Gasteiger partial charge < -0.3 is 5.32 Å². The molecule has 0 aromatic heterocycles. The summed E-state index contributed by atoms with van der Waals surface area (Å²) in [5.41, 5.74) is 3.74. The molecule has 126 valence electrons. The second-order valence-corrected chi connectivity index (χ2v) is 7.51. The quantitative estimate of drug-likeness (QED) is 0.893. The fraction of sp³-hybridized carbons (Fsp3) is 0.278. The molecular formula is C18H20N2O3S. The molecule has 1 aliphatic carbocycles. The van der Waals surface area contributed by atoms with Crippen LogP contribution in [0.5, 0.6) is 0 Å². The zero-order valence-electron chi connectivity index (χ0n) is 13.5. The van der Waals surface area contributed by atoms with Crippen LogP contribution in [0.15, 0.2) is 41.3 Å². The third-order valence-corrected chi connectivity index (χ3v) is 5.37. The molecule has 5 nitrogen and oxygen atoms in total. The minimum Gasteiger partial charge on any atom is -0.322 e. The number of nitrogens with two attached hydrogens (primary N) is 1. The van der Waals surface area contributed by atoms with Crippen LogP contribution in [0, 0.1) is 0 Å². The molecule has 2 aromatic rings. The van der Waals surface area contributed by atoms with Crippen LogP contribution >= 0.6 is 0 Å². The Morgan fingerprint density at radius 3 is 2.67 bits per heavy atom. The summed E-state index contributed by atoms with van der Waals surface area (Å²) < 4.78 is 23.7. The minimum atomic E-state index is -3.85. The lowest BCUT2D eigenvalue weighted by Crippen LogP contribution is -2.18. The SMILES string of the molecule is CCc1ccccc1NC(=O)c1cc2c(c(S(N)(=O)=O)c1)CCC2. The van der Waals surface area contributed by atoms with Gasteiger partial charge in [-0.05, 0) is 60.6 Å². The molecule has 1 aliphatic rings. The summed E-state index contributed by atoms with van der Waals surface area (Å²) in [6.07, 6.45) is 3.12. The smallest absolute Gasteiger partial charge is 0.255 e. The molecule has 1 amide bonds. The number of carbonyl (C=O) groups is 1. The summed E-state index contributed by atoms with van der Waals surface area (Å²) in [4.78, 5) is 12.7. The van der Waals surface area contributed by atoms with Crippen molar-refractivity contribution in [1.82, 2.24) is 0 Å². The number of fused-ring (bicyclic) bond motifs is 1. The van der Waals surface area contributed by atoms with E-state index >= 15 is 0 Å². The number of amides is 1. The van der Waals surface area contributed by atoms with Gasteiger partial charge in [0.1, 0.15) is 0 Å². The van der Waals surface area contributed by atoms with Gasteiger partial charge in [-0.1, -0.05) is 25.1 Å². The Balaban J connectivity index is 1.99. The molecule has 6 heteroatoms. The normalized spacial score (nSPS) is 13.6. The van der Waals surface area contributed by atoms with Gasteiger partial charge in [0, 0.05) is 11.3 Å². The van der Waals surface area contributed by atoms with E-state index in [1.54, 1.807) is 6.07 Å². The highest BCUT2D eigenvalue weighted by atomic mass is 32.2. The van der Waals surface area contributed by atoms with E-state index in [9.17, 15) is 13.2 Å². The van der Waals surface area contributed by atoms with Gasteiger partial charge in [-0.3, -0.25) is 4.79 Å². The second-order valence-electron chi connectivity index (χ2n) is 5.98. The van der Waals surface area contributed by atoms with E-state index in [0.29, 0.717) is 12.0 Å². The number of hydrogen-bond donors (Lipinski definition) is 2. The van der Waals surface area contributed by atoms with Crippen LogP contribution in [-0.4, -0.2) is 14.3 Å². The van der Waals surface area contributed by atoms with Crippen LogP contribution in [0.4, 0.5) is 5.69 Å². The van der Waals surface area contributed by atoms with E-state index in [4.69, 9.17) is 5.14 Å². The Kier molecular flexibility index (Phi) is 4.43. The zero-order chi connectivity index (χ0) is 17.3. The van der Waals surface area contributed by atoms with Gasteiger partial charge in [0.05, 0.1) is 4.90 Å². The molecule has 3 N–H and O–H groups in total. The van der Waals surface area contributed by atoms with E-state index in [1.165, 1.54) is 6.07 Å². The van der Waals surface area contributed by atoms with Gasteiger partial charge in [-0.15, -0.1) is 0 Å². The van der Waals surface area contributed by atoms with E-state index in [2.05, 4.69) is 5.32 Å². The first-order chi connectivity index (χ1) is 11.4. The van der Waals surface area contributed by atoms with Crippen LogP contribution in [-0.2, 0) is 29.3 Å². The highest BCUT2D eigenvalue weighted by Gasteiger charge is 2.24. The summed E-state index contributed by atoms with van der Waals surface area (Å²) in [5.74, 6) is -0.324. The van der Waals surface area contributed by atoms with Gasteiger partial charge >= 0.3 is 0 Å². The van der Waals surface area contributed by atoms with Crippen LogP contribution in [0.25, 0.3) is 0 Å². The van der Waals surface area contributed by atoms with Crippen molar-refractivity contribution < 1.29 is 13.2 Å². The standard InChI is InChI=1S/C18H20N2O3S/c1-2-12-6-3-4-9-16(12)20-18(21)14-10-13-7-5-8-15(13)17(11-14)24(19,22)23/h3-4,6,9-11H,2,5,7-8H2,1H3,(H,20,21)(H2,19,22,23). The number of rotatable bonds is 4. The number of aryl methyl sites for hydroxylation is 2. The molecule has 0 fully saturated rings. The third kappa shape index (κ3) is 3.20. The number of hydrogen-bond acceptors (Lipinski definition) is 3. The molecule has 0 bridgehead atoms. The number of benzene rings is 2. The molecular weight excluding hydrogens is 324 g/mol. The summed E-state index contributed by atoms with van der Waals surface area (Å²) in [5, 5.41) is 8.21. The van der Waals surface area contributed by atoms with Crippen molar-refractivity contribution in [3.05, 3.63) is 58.7 Å². The van der Waals surface area contributed by atoms with Crippen molar-refractivity contribution in [2.24, 2.45) is 5.14 Å². The maximum atomic E-state index is 12.6. The summed E-state index contributed by atoms with van der Waals surface area (Å²) in [6, 6.07) is 10.7. The largest absolute Gasteiger partial charge is 0.322 e. The Labute approximate surface area is 141 Å². The molecule has 0 radical (unpaired) electrons. The topological polar surface area (TPSA) is 89.3 Å². The van der Waals surface area contributed by atoms with Gasteiger partial charge in [0.15, 0.2) is 0 Å². The van der Waals surface area contributed by atoms with Crippen molar-refractivity contribution in [3.63, 3.8) is 0 Å². The monoisotopic (exact) mass is 344 g/mol. The average molecular weight is 344 g/mol. The maximum absolute atomic E-state index is 12.6. The van der Waals surface area contributed by atoms with Gasteiger partial charge in [0.25, 0.3) is 5.91 Å². The molecule has 2 aromatic carbocycles. The third-order valence-electron chi connectivity index (χ3n) is 4.39. The van der Waals surface area contributed by atoms with Crippen LogP contribution < -0.4 is 10.5 Å². The molecule has 0 saturated carbocycles. The van der Waals surface area contributed by atoms with E-state index in [0.717, 1.165) is 41.6 Å². The van der Waals surface area contributed by atoms with E-state index in [1.807, 2.05) is 31.2 Å². The zero-order valence-corrected chi connectivity index (χ0v) is 14.3. The summed E-state index contributed by atoms with van der Waals surface area (Å²) in [6.45, 7) is 2.01. The number of nitrogens with one attached hydrogen (secondary N) is 1.